The standard InChI is InChI=1S/C13H9ClF2N2O2/c14-10-6-9(18(19)20)5-4-8(10)7-17-12-3-1-2-11(15)13(12)16/h1-6,17H,7H2. The summed E-state index contributed by atoms with van der Waals surface area (Å²) in [5.74, 6) is -1.93. The van der Waals surface area contributed by atoms with Gasteiger partial charge in [-0.1, -0.05) is 17.7 Å². The van der Waals surface area contributed by atoms with Gasteiger partial charge in [0, 0.05) is 18.7 Å². The lowest BCUT2D eigenvalue weighted by molar-refractivity contribution is -0.384. The summed E-state index contributed by atoms with van der Waals surface area (Å²) >= 11 is 5.90. The van der Waals surface area contributed by atoms with Crippen LogP contribution in [0.3, 0.4) is 0 Å². The first-order chi connectivity index (χ1) is 9.49. The van der Waals surface area contributed by atoms with Crippen molar-refractivity contribution in [3.63, 3.8) is 0 Å². The van der Waals surface area contributed by atoms with E-state index in [0.29, 0.717) is 5.56 Å². The molecule has 104 valence electrons. The van der Waals surface area contributed by atoms with Crippen molar-refractivity contribution in [2.75, 3.05) is 5.32 Å². The van der Waals surface area contributed by atoms with Crippen LogP contribution in [-0.2, 0) is 6.54 Å². The van der Waals surface area contributed by atoms with Crippen molar-refractivity contribution in [1.29, 1.82) is 0 Å². The molecular weight excluding hydrogens is 290 g/mol. The topological polar surface area (TPSA) is 55.2 Å². The largest absolute Gasteiger partial charge is 0.378 e. The predicted octanol–water partition coefficient (Wildman–Crippen LogP) is 4.14. The first kappa shape index (κ1) is 14.2. The van der Waals surface area contributed by atoms with E-state index in [0.717, 1.165) is 6.07 Å². The van der Waals surface area contributed by atoms with Crippen LogP contribution < -0.4 is 5.32 Å². The molecule has 0 aliphatic rings. The maximum Gasteiger partial charge on any atom is 0.270 e. The number of nitrogens with one attached hydrogen (secondary N) is 1. The Bertz CT molecular complexity index is 665. The Balaban J connectivity index is 2.15. The van der Waals surface area contributed by atoms with E-state index in [1.165, 1.54) is 30.3 Å². The van der Waals surface area contributed by atoms with Crippen LogP contribution in [0.15, 0.2) is 36.4 Å². The van der Waals surface area contributed by atoms with E-state index in [4.69, 9.17) is 11.6 Å². The fourth-order valence-corrected chi connectivity index (χ4v) is 1.87. The minimum atomic E-state index is -0.981. The van der Waals surface area contributed by atoms with Gasteiger partial charge in [0.2, 0.25) is 0 Å². The summed E-state index contributed by atoms with van der Waals surface area (Å²) in [7, 11) is 0. The Hall–Kier alpha value is -2.21. The van der Waals surface area contributed by atoms with E-state index in [-0.39, 0.29) is 22.9 Å². The van der Waals surface area contributed by atoms with Gasteiger partial charge in [-0.15, -0.1) is 0 Å². The molecule has 0 heterocycles. The van der Waals surface area contributed by atoms with Crippen LogP contribution in [-0.4, -0.2) is 4.92 Å². The molecule has 0 bridgehead atoms. The average Bonchev–Trinajstić information content (AvgIpc) is 2.41. The highest BCUT2D eigenvalue weighted by atomic mass is 35.5. The number of benzene rings is 2. The molecule has 0 amide bonds. The summed E-state index contributed by atoms with van der Waals surface area (Å²) in [6, 6.07) is 7.74. The lowest BCUT2D eigenvalue weighted by Gasteiger charge is -2.09. The van der Waals surface area contributed by atoms with Gasteiger partial charge in [0.15, 0.2) is 11.6 Å². The van der Waals surface area contributed by atoms with Crippen LogP contribution in [0.5, 0.6) is 0 Å². The number of non-ortho nitro benzene ring substituents is 1. The van der Waals surface area contributed by atoms with Crippen molar-refractivity contribution >= 4 is 23.0 Å². The van der Waals surface area contributed by atoms with Crippen molar-refractivity contribution in [1.82, 2.24) is 0 Å². The van der Waals surface area contributed by atoms with E-state index in [1.54, 1.807) is 0 Å². The first-order valence-electron chi connectivity index (χ1n) is 5.59. The third-order valence-electron chi connectivity index (χ3n) is 2.67. The molecule has 0 aromatic heterocycles. The summed E-state index contributed by atoms with van der Waals surface area (Å²) in [5, 5.41) is 13.4. The Morgan fingerprint density at radius 3 is 2.65 bits per heavy atom. The average molecular weight is 299 g/mol. The minimum Gasteiger partial charge on any atom is -0.378 e. The van der Waals surface area contributed by atoms with E-state index >= 15 is 0 Å². The van der Waals surface area contributed by atoms with E-state index in [9.17, 15) is 18.9 Å². The molecule has 7 heteroatoms. The van der Waals surface area contributed by atoms with Crippen molar-refractivity contribution in [2.24, 2.45) is 0 Å². The Morgan fingerprint density at radius 1 is 1.25 bits per heavy atom. The first-order valence-corrected chi connectivity index (χ1v) is 5.97. The summed E-state index contributed by atoms with van der Waals surface area (Å²) in [5.41, 5.74) is 0.413. The predicted molar refractivity (Wildman–Crippen MR) is 71.8 cm³/mol. The molecule has 0 radical (unpaired) electrons. The van der Waals surface area contributed by atoms with Crippen molar-refractivity contribution in [2.45, 2.75) is 6.54 Å². The number of anilines is 1. The van der Waals surface area contributed by atoms with Crippen LogP contribution in [0.25, 0.3) is 0 Å². The zero-order valence-corrected chi connectivity index (χ0v) is 10.8. The van der Waals surface area contributed by atoms with Crippen LogP contribution in [0.2, 0.25) is 5.02 Å². The maximum atomic E-state index is 13.4. The third kappa shape index (κ3) is 3.03. The Kier molecular flexibility index (Phi) is 4.14. The second-order valence-electron chi connectivity index (χ2n) is 3.99. The van der Waals surface area contributed by atoms with Crippen LogP contribution in [0.4, 0.5) is 20.2 Å². The molecule has 4 nitrogen and oxygen atoms in total. The fourth-order valence-electron chi connectivity index (χ4n) is 1.62. The monoisotopic (exact) mass is 298 g/mol. The van der Waals surface area contributed by atoms with Gasteiger partial charge in [-0.2, -0.15) is 0 Å². The number of rotatable bonds is 4. The number of nitro groups is 1. The molecule has 0 aliphatic heterocycles. The SMILES string of the molecule is O=[N+]([O-])c1ccc(CNc2cccc(F)c2F)c(Cl)c1. The van der Waals surface area contributed by atoms with Crippen molar-refractivity contribution in [3.8, 4) is 0 Å². The van der Waals surface area contributed by atoms with Gasteiger partial charge in [-0.3, -0.25) is 10.1 Å². The summed E-state index contributed by atoms with van der Waals surface area (Å²) in [4.78, 5) is 10.0. The van der Waals surface area contributed by atoms with Gasteiger partial charge in [-0.05, 0) is 23.8 Å². The Labute approximate surface area is 118 Å². The second-order valence-corrected chi connectivity index (χ2v) is 4.39. The molecule has 0 unspecified atom stereocenters. The minimum absolute atomic E-state index is 0.000538. The van der Waals surface area contributed by atoms with E-state index in [1.807, 2.05) is 0 Å². The van der Waals surface area contributed by atoms with E-state index < -0.39 is 16.6 Å². The summed E-state index contributed by atoms with van der Waals surface area (Å²) < 4.78 is 26.4. The zero-order chi connectivity index (χ0) is 14.7. The molecule has 0 spiro atoms. The molecule has 0 aliphatic carbocycles. The molecule has 2 aromatic rings. The normalized spacial score (nSPS) is 10.3. The summed E-state index contributed by atoms with van der Waals surface area (Å²) in [6.07, 6.45) is 0. The molecule has 0 atom stereocenters. The van der Waals surface area contributed by atoms with Crippen LogP contribution in [0.1, 0.15) is 5.56 Å². The molecule has 2 aromatic carbocycles. The quantitative estimate of drug-likeness (QED) is 0.682. The van der Waals surface area contributed by atoms with Crippen molar-refractivity contribution < 1.29 is 13.7 Å². The van der Waals surface area contributed by atoms with Gasteiger partial charge >= 0.3 is 0 Å². The van der Waals surface area contributed by atoms with Gasteiger partial charge in [-0.25, -0.2) is 8.78 Å². The molecule has 0 saturated heterocycles. The number of hydrogen-bond acceptors (Lipinski definition) is 3. The van der Waals surface area contributed by atoms with E-state index in [2.05, 4.69) is 5.32 Å². The highest BCUT2D eigenvalue weighted by Gasteiger charge is 2.11. The zero-order valence-electron chi connectivity index (χ0n) is 10.1. The van der Waals surface area contributed by atoms with Gasteiger partial charge in [0.25, 0.3) is 5.69 Å². The number of halogens is 3. The molecule has 20 heavy (non-hydrogen) atoms. The molecule has 1 N–H and O–H groups in total. The fraction of sp³-hybridized carbons (Fsp3) is 0.0769. The van der Waals surface area contributed by atoms with Gasteiger partial charge < -0.3 is 5.32 Å². The van der Waals surface area contributed by atoms with Gasteiger partial charge in [0.1, 0.15) is 0 Å². The highest BCUT2D eigenvalue weighted by molar-refractivity contribution is 6.31. The molecule has 2 rings (SSSR count). The number of nitrogens with zero attached hydrogens (tertiary/aromatic N) is 1. The molecule has 0 fully saturated rings. The highest BCUT2D eigenvalue weighted by Crippen LogP contribution is 2.24. The lowest BCUT2D eigenvalue weighted by atomic mass is 10.2. The maximum absolute atomic E-state index is 13.4. The van der Waals surface area contributed by atoms with Crippen LogP contribution in [0, 0.1) is 21.7 Å². The van der Waals surface area contributed by atoms with Crippen molar-refractivity contribution in [3.05, 3.63) is 68.7 Å². The number of hydrogen-bond donors (Lipinski definition) is 1. The molecule has 0 saturated carbocycles. The second kappa shape index (κ2) is 5.83. The van der Waals surface area contributed by atoms with Gasteiger partial charge in [0.05, 0.1) is 15.6 Å². The molecular formula is C13H9ClF2N2O2. The summed E-state index contributed by atoms with van der Waals surface area (Å²) in [6.45, 7) is 0.122. The van der Waals surface area contributed by atoms with Crippen LogP contribution >= 0.6 is 11.6 Å². The number of nitro benzene ring substituents is 1. The Morgan fingerprint density at radius 2 is 2.00 bits per heavy atom. The smallest absolute Gasteiger partial charge is 0.270 e. The third-order valence-corrected chi connectivity index (χ3v) is 3.02. The lowest BCUT2D eigenvalue weighted by Crippen LogP contribution is -2.03.